The summed E-state index contributed by atoms with van der Waals surface area (Å²) >= 11 is 0. The van der Waals surface area contributed by atoms with E-state index >= 15 is 0 Å². The monoisotopic (exact) mass is 335 g/mol. The summed E-state index contributed by atoms with van der Waals surface area (Å²) in [5.74, 6) is -0.102. The Morgan fingerprint density at radius 2 is 2.12 bits per heavy atom. The van der Waals surface area contributed by atoms with Crippen LogP contribution in [0.15, 0.2) is 0 Å². The average molecular weight is 335 g/mol. The molecule has 2 aliphatic rings. The van der Waals surface area contributed by atoms with Crippen LogP contribution in [0.4, 0.5) is 0 Å². The molecule has 1 fully saturated rings. The highest BCUT2D eigenvalue weighted by atomic mass is 16.5. The maximum atomic E-state index is 13.0. The Morgan fingerprint density at radius 1 is 1.42 bits per heavy atom. The molecular weight excluding hydrogens is 306 g/mol. The van der Waals surface area contributed by atoms with Crippen molar-refractivity contribution < 1.29 is 14.6 Å². The number of carbonyl (C=O) groups excluding carboxylic acids is 1. The normalized spacial score (nSPS) is 25.5. The third kappa shape index (κ3) is 3.09. The number of nitrogens with zero attached hydrogens (tertiary/aromatic N) is 2. The number of carbonyl (C=O) groups is 1. The van der Waals surface area contributed by atoms with Gasteiger partial charge in [0.05, 0.1) is 17.9 Å². The van der Waals surface area contributed by atoms with Gasteiger partial charge in [-0.05, 0) is 40.0 Å². The zero-order chi connectivity index (χ0) is 17.3. The van der Waals surface area contributed by atoms with Gasteiger partial charge in [-0.25, -0.2) is 0 Å². The highest BCUT2D eigenvalue weighted by molar-refractivity contribution is 5.94. The minimum absolute atomic E-state index is 0.0457. The van der Waals surface area contributed by atoms with Gasteiger partial charge < -0.3 is 15.2 Å². The number of amides is 1. The van der Waals surface area contributed by atoms with E-state index in [0.29, 0.717) is 12.1 Å². The predicted octanol–water partition coefficient (Wildman–Crippen LogP) is 2.35. The number of rotatable bonds is 5. The van der Waals surface area contributed by atoms with E-state index in [0.717, 1.165) is 49.9 Å². The quantitative estimate of drug-likeness (QED) is 0.866. The molecule has 0 aromatic carbocycles. The van der Waals surface area contributed by atoms with E-state index in [1.165, 1.54) is 0 Å². The second-order valence-corrected chi connectivity index (χ2v) is 7.24. The minimum atomic E-state index is -0.267. The summed E-state index contributed by atoms with van der Waals surface area (Å²) in [5, 5.41) is 17.2. The van der Waals surface area contributed by atoms with Gasteiger partial charge in [-0.2, -0.15) is 5.10 Å². The van der Waals surface area contributed by atoms with Gasteiger partial charge >= 0.3 is 0 Å². The largest absolute Gasteiger partial charge is 0.396 e. The number of ether oxygens (including phenoxy) is 1. The lowest BCUT2D eigenvalue weighted by atomic mass is 9.92. The standard InChI is InChI=1S/C18H29N3O3/c1-4-21-16-13(3)24-12(2)11-14(16)15(20-21)17(23)19-18(9-10-22)7-5-6-8-18/h12-13,22H,4-11H2,1-3H3,(H,19,23)/t12-,13+/m1/s1. The Balaban J connectivity index is 1.90. The Morgan fingerprint density at radius 3 is 2.75 bits per heavy atom. The van der Waals surface area contributed by atoms with Crippen molar-refractivity contribution in [2.24, 2.45) is 0 Å². The molecule has 2 atom stereocenters. The smallest absolute Gasteiger partial charge is 0.272 e. The van der Waals surface area contributed by atoms with Crippen LogP contribution < -0.4 is 5.32 Å². The molecule has 1 saturated carbocycles. The second-order valence-electron chi connectivity index (χ2n) is 7.24. The van der Waals surface area contributed by atoms with Crippen LogP contribution in [0, 0.1) is 0 Å². The van der Waals surface area contributed by atoms with Crippen molar-refractivity contribution in [1.82, 2.24) is 15.1 Å². The molecule has 134 valence electrons. The van der Waals surface area contributed by atoms with Crippen LogP contribution >= 0.6 is 0 Å². The van der Waals surface area contributed by atoms with Crippen LogP contribution in [-0.4, -0.2) is 39.0 Å². The van der Waals surface area contributed by atoms with E-state index in [1.807, 2.05) is 25.5 Å². The first kappa shape index (κ1) is 17.4. The number of aryl methyl sites for hydroxylation is 1. The Bertz CT molecular complexity index is 605. The molecule has 1 aliphatic carbocycles. The fraction of sp³-hybridized carbons (Fsp3) is 0.778. The molecule has 3 rings (SSSR count). The molecule has 0 radical (unpaired) electrons. The zero-order valence-electron chi connectivity index (χ0n) is 15.0. The number of nitrogens with one attached hydrogen (secondary N) is 1. The highest BCUT2D eigenvalue weighted by Crippen LogP contribution is 2.35. The van der Waals surface area contributed by atoms with Crippen LogP contribution in [0.25, 0.3) is 0 Å². The Hall–Kier alpha value is -1.40. The Labute approximate surface area is 143 Å². The van der Waals surface area contributed by atoms with Gasteiger partial charge in [-0.1, -0.05) is 12.8 Å². The predicted molar refractivity (Wildman–Crippen MR) is 90.9 cm³/mol. The number of hydrogen-bond donors (Lipinski definition) is 2. The van der Waals surface area contributed by atoms with E-state index < -0.39 is 0 Å². The topological polar surface area (TPSA) is 76.4 Å². The van der Waals surface area contributed by atoms with Crippen molar-refractivity contribution in [2.45, 2.75) is 83.6 Å². The lowest BCUT2D eigenvalue weighted by Gasteiger charge is -2.30. The summed E-state index contributed by atoms with van der Waals surface area (Å²) in [6.07, 6.45) is 5.45. The minimum Gasteiger partial charge on any atom is -0.396 e. The lowest BCUT2D eigenvalue weighted by molar-refractivity contribution is -0.00948. The summed E-state index contributed by atoms with van der Waals surface area (Å²) in [4.78, 5) is 13.0. The molecule has 6 heteroatoms. The molecule has 0 bridgehead atoms. The van der Waals surface area contributed by atoms with E-state index in [2.05, 4.69) is 10.4 Å². The molecule has 1 aromatic rings. The Kier molecular flexibility index (Phi) is 4.97. The molecule has 24 heavy (non-hydrogen) atoms. The van der Waals surface area contributed by atoms with Gasteiger partial charge in [0.25, 0.3) is 5.91 Å². The summed E-state index contributed by atoms with van der Waals surface area (Å²) in [6, 6.07) is 0. The average Bonchev–Trinajstić information content (AvgIpc) is 3.12. The second kappa shape index (κ2) is 6.84. The van der Waals surface area contributed by atoms with Crippen LogP contribution in [0.1, 0.15) is 80.7 Å². The first-order valence-electron chi connectivity index (χ1n) is 9.18. The lowest BCUT2D eigenvalue weighted by Crippen LogP contribution is -2.47. The number of aliphatic hydroxyl groups excluding tert-OH is 1. The van der Waals surface area contributed by atoms with Gasteiger partial charge in [-0.15, -0.1) is 0 Å². The van der Waals surface area contributed by atoms with Gasteiger partial charge in [-0.3, -0.25) is 9.48 Å². The summed E-state index contributed by atoms with van der Waals surface area (Å²) in [5.41, 5.74) is 2.33. The van der Waals surface area contributed by atoms with E-state index in [-0.39, 0.29) is 30.3 Å². The molecule has 0 spiro atoms. The van der Waals surface area contributed by atoms with Gasteiger partial charge in [0, 0.05) is 30.7 Å². The summed E-state index contributed by atoms with van der Waals surface area (Å²) < 4.78 is 7.81. The van der Waals surface area contributed by atoms with Crippen molar-refractivity contribution in [3.05, 3.63) is 17.0 Å². The SMILES string of the molecule is CCn1nc(C(=O)NC2(CCO)CCCC2)c2c1[C@H](C)O[C@H](C)C2. The van der Waals surface area contributed by atoms with Crippen molar-refractivity contribution >= 4 is 5.91 Å². The summed E-state index contributed by atoms with van der Waals surface area (Å²) in [6.45, 7) is 6.91. The molecule has 6 nitrogen and oxygen atoms in total. The molecule has 2 heterocycles. The molecular formula is C18H29N3O3. The molecule has 2 N–H and O–H groups in total. The number of fused-ring (bicyclic) bond motifs is 1. The van der Waals surface area contributed by atoms with Gasteiger partial charge in [0.15, 0.2) is 5.69 Å². The van der Waals surface area contributed by atoms with Crippen LogP contribution in [0.3, 0.4) is 0 Å². The fourth-order valence-electron chi connectivity index (χ4n) is 4.34. The van der Waals surface area contributed by atoms with Crippen LogP contribution in [0.5, 0.6) is 0 Å². The first-order valence-corrected chi connectivity index (χ1v) is 9.18. The van der Waals surface area contributed by atoms with Crippen molar-refractivity contribution in [2.75, 3.05) is 6.61 Å². The molecule has 1 amide bonds. The van der Waals surface area contributed by atoms with Crippen molar-refractivity contribution in [3.8, 4) is 0 Å². The number of aromatic nitrogens is 2. The fourth-order valence-corrected chi connectivity index (χ4v) is 4.34. The molecule has 1 aromatic heterocycles. The van der Waals surface area contributed by atoms with Gasteiger partial charge in [0.1, 0.15) is 0 Å². The van der Waals surface area contributed by atoms with E-state index in [4.69, 9.17) is 4.74 Å². The van der Waals surface area contributed by atoms with Crippen molar-refractivity contribution in [1.29, 1.82) is 0 Å². The van der Waals surface area contributed by atoms with Crippen LogP contribution in [-0.2, 0) is 17.7 Å². The third-order valence-corrected chi connectivity index (χ3v) is 5.45. The van der Waals surface area contributed by atoms with Gasteiger partial charge in [0.2, 0.25) is 0 Å². The third-order valence-electron chi connectivity index (χ3n) is 5.45. The first-order chi connectivity index (χ1) is 11.5. The number of hydrogen-bond acceptors (Lipinski definition) is 4. The number of aliphatic hydroxyl groups is 1. The van der Waals surface area contributed by atoms with E-state index in [1.54, 1.807) is 0 Å². The summed E-state index contributed by atoms with van der Waals surface area (Å²) in [7, 11) is 0. The zero-order valence-corrected chi connectivity index (χ0v) is 15.0. The molecule has 0 unspecified atom stereocenters. The van der Waals surface area contributed by atoms with Crippen LogP contribution in [0.2, 0.25) is 0 Å². The molecule has 1 aliphatic heterocycles. The van der Waals surface area contributed by atoms with E-state index in [9.17, 15) is 9.90 Å². The maximum absolute atomic E-state index is 13.0. The molecule has 0 saturated heterocycles. The maximum Gasteiger partial charge on any atom is 0.272 e. The van der Waals surface area contributed by atoms with Crippen molar-refractivity contribution in [3.63, 3.8) is 0 Å². The highest BCUT2D eigenvalue weighted by Gasteiger charge is 2.38.